The molecular weight excluding hydrogens is 1280 g/mol. The molecule has 1 saturated heterocycles. The zero-order valence-corrected chi connectivity index (χ0v) is 61.8. The molecule has 0 aromatic rings. The Balaban J connectivity index is 2.78. The Morgan fingerprint density at radius 1 is 0.340 bits per heavy atom. The van der Waals surface area contributed by atoms with Crippen LogP contribution < -0.4 is 0 Å². The first-order valence-electron chi connectivity index (χ1n) is 34.6. The number of esters is 8. The molecule has 0 saturated carbocycles. The summed E-state index contributed by atoms with van der Waals surface area (Å²) in [5, 5.41) is 0. The third kappa shape index (κ3) is 51.2. The van der Waals surface area contributed by atoms with E-state index < -0.39 is 23.9 Å². The summed E-state index contributed by atoms with van der Waals surface area (Å²) in [6.07, 6.45) is 26.9. The zero-order valence-electron chi connectivity index (χ0n) is 58.6. The maximum atomic E-state index is 12.9. The Kier molecular flexibility index (Phi) is 57.4. The third-order valence-corrected chi connectivity index (χ3v) is 19.7. The fraction of sp³-hybridized carbons (Fsp3) is 0.771. The van der Waals surface area contributed by atoms with Crippen molar-refractivity contribution in [3.05, 3.63) is 48.6 Å². The van der Waals surface area contributed by atoms with E-state index >= 15 is 0 Å². The van der Waals surface area contributed by atoms with E-state index in [1.165, 1.54) is 0 Å². The number of thioether (sulfide) groups is 4. The summed E-state index contributed by atoms with van der Waals surface area (Å²) in [6.45, 7) is 23.1. The van der Waals surface area contributed by atoms with Gasteiger partial charge in [0.25, 0.3) is 0 Å². The second-order valence-electron chi connectivity index (χ2n) is 23.2. The average Bonchev–Trinajstić information content (AvgIpc) is 2.15. The van der Waals surface area contributed by atoms with Crippen LogP contribution in [-0.2, 0) is 76.3 Å². The van der Waals surface area contributed by atoms with Crippen LogP contribution in [0.3, 0.4) is 0 Å². The maximum absolute atomic E-state index is 12.9. The summed E-state index contributed by atoms with van der Waals surface area (Å²) in [6, 6.07) is 0. The molecule has 94 heavy (non-hydrogen) atoms. The number of piperazine rings is 1. The molecule has 540 valence electrons. The van der Waals surface area contributed by atoms with E-state index in [1.807, 2.05) is 27.7 Å². The SMILES string of the molecule is CC/C=C/CCSCC(C)C(=O)OCCOC(=O)CCN(CCCN1CCN(CCCN(CCC(=O)OCCOC(=O)C(C)CSCC/C=C/CC)CCC(=O)OCCOC(=O)C(C)CSCC/C=C/CC)CC1)CCC(=O)OCCOC(=O)C(C)CSCC/C=C/CC. The van der Waals surface area contributed by atoms with E-state index in [9.17, 15) is 38.4 Å². The smallest absolute Gasteiger partial charge is 0.309 e. The number of hydrogen-bond donors (Lipinski definition) is 0. The number of carbonyl (C=O) groups excluding carboxylic acids is 8. The largest absolute Gasteiger partial charge is 0.462 e. The van der Waals surface area contributed by atoms with Gasteiger partial charge in [-0.2, -0.15) is 47.0 Å². The highest BCUT2D eigenvalue weighted by atomic mass is 32.2. The zero-order chi connectivity index (χ0) is 69.1. The van der Waals surface area contributed by atoms with Crippen molar-refractivity contribution in [2.45, 2.75) is 145 Å². The second kappa shape index (κ2) is 61.3. The van der Waals surface area contributed by atoms with Crippen LogP contribution >= 0.6 is 47.0 Å². The predicted octanol–water partition coefficient (Wildman–Crippen LogP) is 10.8. The molecule has 0 N–H and O–H groups in total. The molecule has 20 nitrogen and oxygen atoms in total. The average molecular weight is 1400 g/mol. The van der Waals surface area contributed by atoms with Gasteiger partial charge in [0, 0.05) is 75.4 Å². The molecule has 1 aliphatic rings. The number of carbonyl (C=O) groups is 8. The molecule has 0 radical (unpaired) electrons. The molecule has 4 atom stereocenters. The third-order valence-electron chi connectivity index (χ3n) is 14.7. The molecule has 1 heterocycles. The van der Waals surface area contributed by atoms with Gasteiger partial charge in [-0.3, -0.25) is 38.4 Å². The minimum absolute atomic E-state index is 0.0261. The van der Waals surface area contributed by atoms with Gasteiger partial charge >= 0.3 is 47.8 Å². The molecule has 0 aliphatic carbocycles. The maximum Gasteiger partial charge on any atom is 0.309 e. The van der Waals surface area contributed by atoms with Crippen LogP contribution in [0.25, 0.3) is 0 Å². The summed E-state index contributed by atoms with van der Waals surface area (Å²) in [5.74, 6) is 2.22. The van der Waals surface area contributed by atoms with Crippen LogP contribution in [0.4, 0.5) is 0 Å². The Bertz CT molecular complexity index is 1880. The highest BCUT2D eigenvalue weighted by Crippen LogP contribution is 2.16. The normalized spacial score (nSPS) is 14.4. The van der Waals surface area contributed by atoms with Crippen LogP contribution in [0, 0.1) is 23.7 Å². The van der Waals surface area contributed by atoms with Crippen molar-refractivity contribution >= 4 is 94.8 Å². The van der Waals surface area contributed by atoms with E-state index in [0.717, 1.165) is 126 Å². The summed E-state index contributed by atoms with van der Waals surface area (Å²) >= 11 is 6.82. The predicted molar refractivity (Wildman–Crippen MR) is 383 cm³/mol. The van der Waals surface area contributed by atoms with Gasteiger partial charge in [0.05, 0.1) is 49.4 Å². The van der Waals surface area contributed by atoms with Gasteiger partial charge in [0.1, 0.15) is 52.9 Å². The van der Waals surface area contributed by atoms with Gasteiger partial charge in [-0.05, 0) is 113 Å². The standard InChI is InChI=1S/C70H120N4O16S4/c1-9-13-17-21-51-91-55-59(5)67(79)87-47-43-83-63(75)27-35-71(36-28-64(76)84-44-48-88-68(80)60(6)56-92-52-22-18-14-10-2)31-25-33-73-39-41-74(42-40-73)34-26-32-72(37-29-65(77)85-45-49-89-69(81)61(7)57-93-53-23-19-15-11-3)38-30-66(78)86-46-50-90-70(82)62(8)58-94-54-24-20-16-12-4/h13-20,59-62H,9-12,21-58H2,1-8H3/b17-13+,18-14+,19-15+,20-16+. The second-order valence-corrected chi connectivity index (χ2v) is 27.8. The number of hydrogen-bond acceptors (Lipinski definition) is 24. The number of nitrogens with zero attached hydrogens (tertiary/aromatic N) is 4. The Morgan fingerprint density at radius 2 is 0.564 bits per heavy atom. The van der Waals surface area contributed by atoms with E-state index in [0.29, 0.717) is 62.3 Å². The summed E-state index contributed by atoms with van der Waals surface area (Å²) in [7, 11) is 0. The first-order valence-corrected chi connectivity index (χ1v) is 39.2. The van der Waals surface area contributed by atoms with Crippen LogP contribution in [0.1, 0.15) is 145 Å². The molecule has 0 aromatic heterocycles. The van der Waals surface area contributed by atoms with Crippen molar-refractivity contribution < 1.29 is 76.3 Å². The monoisotopic (exact) mass is 1400 g/mol. The highest BCUT2D eigenvalue weighted by molar-refractivity contribution is 7.99. The quantitative estimate of drug-likeness (QED) is 0.0239. The van der Waals surface area contributed by atoms with Crippen molar-refractivity contribution in [1.29, 1.82) is 0 Å². The molecule has 24 heteroatoms. The van der Waals surface area contributed by atoms with E-state index in [4.69, 9.17) is 37.9 Å². The lowest BCUT2D eigenvalue weighted by Crippen LogP contribution is -2.47. The molecular formula is C70H120N4O16S4. The van der Waals surface area contributed by atoms with Gasteiger partial charge in [-0.1, -0.05) is 104 Å². The number of allylic oxidation sites excluding steroid dienone is 8. The topological polar surface area (TPSA) is 223 Å². The van der Waals surface area contributed by atoms with Gasteiger partial charge in [0.15, 0.2) is 0 Å². The van der Waals surface area contributed by atoms with Crippen molar-refractivity contribution in [1.82, 2.24) is 19.6 Å². The van der Waals surface area contributed by atoms with Gasteiger partial charge in [-0.25, -0.2) is 0 Å². The van der Waals surface area contributed by atoms with E-state index in [-0.39, 0.29) is 126 Å². The minimum atomic E-state index is -0.430. The highest BCUT2D eigenvalue weighted by Gasteiger charge is 2.22. The summed E-state index contributed by atoms with van der Waals surface area (Å²) < 4.78 is 43.3. The summed E-state index contributed by atoms with van der Waals surface area (Å²) in [5.41, 5.74) is 0. The first-order chi connectivity index (χ1) is 45.5. The fourth-order valence-electron chi connectivity index (χ4n) is 9.05. The van der Waals surface area contributed by atoms with Crippen LogP contribution in [0.2, 0.25) is 0 Å². The molecule has 0 bridgehead atoms. The lowest BCUT2D eigenvalue weighted by Gasteiger charge is -2.35. The van der Waals surface area contributed by atoms with Crippen molar-refractivity contribution in [3.8, 4) is 0 Å². The fourth-order valence-corrected chi connectivity index (χ4v) is 12.9. The Morgan fingerprint density at radius 3 is 0.787 bits per heavy atom. The Hall–Kier alpha value is -4.04. The lowest BCUT2D eigenvalue weighted by molar-refractivity contribution is -0.154. The molecule has 0 amide bonds. The first kappa shape index (κ1) is 88.0. The van der Waals surface area contributed by atoms with E-state index in [1.54, 1.807) is 47.0 Å². The minimum Gasteiger partial charge on any atom is -0.462 e. The molecule has 0 aromatic carbocycles. The van der Waals surface area contributed by atoms with Gasteiger partial charge in [-0.15, -0.1) is 0 Å². The number of rotatable bonds is 60. The lowest BCUT2D eigenvalue weighted by atomic mass is 10.2. The molecule has 1 rings (SSSR count). The van der Waals surface area contributed by atoms with Crippen LogP contribution in [0.15, 0.2) is 48.6 Å². The van der Waals surface area contributed by atoms with Crippen LogP contribution in [-0.4, -0.2) is 245 Å². The van der Waals surface area contributed by atoms with E-state index in [2.05, 4.69) is 95.9 Å². The number of ether oxygens (including phenoxy) is 8. The molecule has 0 spiro atoms. The van der Waals surface area contributed by atoms with Gasteiger partial charge in [0.2, 0.25) is 0 Å². The molecule has 1 fully saturated rings. The van der Waals surface area contributed by atoms with Gasteiger partial charge < -0.3 is 57.5 Å². The van der Waals surface area contributed by atoms with Crippen molar-refractivity contribution in [3.63, 3.8) is 0 Å². The van der Waals surface area contributed by atoms with Crippen LogP contribution in [0.5, 0.6) is 0 Å². The van der Waals surface area contributed by atoms with Crippen molar-refractivity contribution in [2.24, 2.45) is 23.7 Å². The van der Waals surface area contributed by atoms with Crippen molar-refractivity contribution in [2.75, 3.05) is 177 Å². The summed E-state index contributed by atoms with van der Waals surface area (Å²) in [4.78, 5) is 111. The Labute approximate surface area is 582 Å². The molecule has 1 aliphatic heterocycles. The molecule has 4 unspecified atom stereocenters.